The molecule has 2 rings (SSSR count). The predicted molar refractivity (Wildman–Crippen MR) is 78.4 cm³/mol. The van der Waals surface area contributed by atoms with Gasteiger partial charge in [0.05, 0.1) is 5.02 Å². The summed E-state index contributed by atoms with van der Waals surface area (Å²) >= 11 is 11.7. The zero-order valence-corrected chi connectivity index (χ0v) is 12.8. The van der Waals surface area contributed by atoms with Crippen LogP contribution in [0, 0.1) is 0 Å². The van der Waals surface area contributed by atoms with Gasteiger partial charge in [-0.15, -0.1) is 0 Å². The third-order valence-corrected chi connectivity index (χ3v) is 4.04. The maximum Gasteiger partial charge on any atom is 0.329 e. The second-order valence-electron chi connectivity index (χ2n) is 5.09. The molecule has 0 spiro atoms. The van der Waals surface area contributed by atoms with Crippen molar-refractivity contribution in [1.29, 1.82) is 0 Å². The molecule has 0 radical (unpaired) electrons. The zero-order chi connectivity index (χ0) is 14.7. The second-order valence-corrected chi connectivity index (χ2v) is 5.94. The van der Waals surface area contributed by atoms with Gasteiger partial charge in [-0.3, -0.25) is 9.36 Å². The molecule has 0 aliphatic heterocycles. The average Bonchev–Trinajstić information content (AvgIpc) is 2.43. The molecule has 0 saturated heterocycles. The number of halogens is 2. The van der Waals surface area contributed by atoms with Crippen LogP contribution < -0.4 is 5.56 Å². The van der Waals surface area contributed by atoms with E-state index < -0.39 is 17.6 Å². The van der Waals surface area contributed by atoms with E-state index >= 15 is 0 Å². The van der Waals surface area contributed by atoms with Gasteiger partial charge in [-0.1, -0.05) is 29.6 Å². The van der Waals surface area contributed by atoms with Crippen molar-refractivity contribution in [2.45, 2.75) is 51.2 Å². The van der Waals surface area contributed by atoms with Crippen molar-refractivity contribution in [1.82, 2.24) is 4.57 Å². The summed E-state index contributed by atoms with van der Waals surface area (Å²) in [6.45, 7) is 1.61. The van der Waals surface area contributed by atoms with Crippen molar-refractivity contribution in [3.63, 3.8) is 0 Å². The molecule has 1 aromatic rings. The average molecular weight is 318 g/mol. The molecule has 1 saturated carbocycles. The number of nitrogens with zero attached hydrogens (tertiary/aromatic N) is 1. The molecule has 1 unspecified atom stereocenters. The molecule has 110 valence electrons. The minimum absolute atomic E-state index is 0.00480. The molecule has 1 aromatic heterocycles. The maximum absolute atomic E-state index is 12.1. The highest BCUT2D eigenvalue weighted by atomic mass is 35.5. The predicted octanol–water partition coefficient (Wildman–Crippen LogP) is 3.59. The number of carbonyl (C=O) groups is 1. The van der Waals surface area contributed by atoms with Crippen LogP contribution in [0.4, 0.5) is 0 Å². The Labute approximate surface area is 127 Å². The van der Waals surface area contributed by atoms with Crippen molar-refractivity contribution in [2.75, 3.05) is 0 Å². The Morgan fingerprint density at radius 2 is 2.00 bits per heavy atom. The number of hydrogen-bond acceptors (Lipinski definition) is 3. The van der Waals surface area contributed by atoms with Crippen molar-refractivity contribution < 1.29 is 9.53 Å². The third-order valence-electron chi connectivity index (χ3n) is 3.56. The lowest BCUT2D eigenvalue weighted by molar-refractivity contribution is -0.154. The van der Waals surface area contributed by atoms with E-state index in [0.29, 0.717) is 5.02 Å². The zero-order valence-electron chi connectivity index (χ0n) is 11.3. The van der Waals surface area contributed by atoms with Gasteiger partial charge < -0.3 is 4.74 Å². The fraction of sp³-hybridized carbons (Fsp3) is 0.571. The topological polar surface area (TPSA) is 48.3 Å². The smallest absolute Gasteiger partial charge is 0.329 e. The van der Waals surface area contributed by atoms with Crippen LogP contribution in [0.15, 0.2) is 17.1 Å². The molecule has 1 heterocycles. The van der Waals surface area contributed by atoms with Crippen LogP contribution in [-0.2, 0) is 9.53 Å². The van der Waals surface area contributed by atoms with E-state index in [1.165, 1.54) is 23.3 Å². The Bertz CT molecular complexity index is 550. The molecule has 20 heavy (non-hydrogen) atoms. The highest BCUT2D eigenvalue weighted by Gasteiger charge is 2.24. The van der Waals surface area contributed by atoms with Crippen LogP contribution in [0.3, 0.4) is 0 Å². The van der Waals surface area contributed by atoms with E-state index in [1.54, 1.807) is 6.92 Å². The molecule has 1 atom stereocenters. The van der Waals surface area contributed by atoms with Crippen molar-refractivity contribution in [3.8, 4) is 0 Å². The minimum atomic E-state index is -0.736. The Balaban J connectivity index is 2.12. The Kier molecular flexibility index (Phi) is 5.11. The van der Waals surface area contributed by atoms with Gasteiger partial charge in [0.1, 0.15) is 17.2 Å². The van der Waals surface area contributed by atoms with E-state index in [-0.39, 0.29) is 11.1 Å². The number of ether oxygens (including phenoxy) is 1. The van der Waals surface area contributed by atoms with Crippen LogP contribution in [-0.4, -0.2) is 16.6 Å². The number of aromatic nitrogens is 1. The van der Waals surface area contributed by atoms with Gasteiger partial charge in [-0.25, -0.2) is 4.79 Å². The Morgan fingerprint density at radius 1 is 1.35 bits per heavy atom. The van der Waals surface area contributed by atoms with Gasteiger partial charge in [-0.05, 0) is 38.7 Å². The summed E-state index contributed by atoms with van der Waals surface area (Å²) < 4.78 is 6.68. The van der Waals surface area contributed by atoms with Crippen LogP contribution in [0.2, 0.25) is 10.0 Å². The molecular formula is C14H17Cl2NO3. The largest absolute Gasteiger partial charge is 0.461 e. The summed E-state index contributed by atoms with van der Waals surface area (Å²) in [5.41, 5.74) is -0.441. The third kappa shape index (κ3) is 3.55. The SMILES string of the molecule is CC(C(=O)OC1CCCCC1)n1cc(Cl)cc(Cl)c1=O. The van der Waals surface area contributed by atoms with Gasteiger partial charge in [-0.2, -0.15) is 0 Å². The molecule has 6 heteroatoms. The molecular weight excluding hydrogens is 301 g/mol. The first kappa shape index (κ1) is 15.4. The fourth-order valence-electron chi connectivity index (χ4n) is 2.38. The summed E-state index contributed by atoms with van der Waals surface area (Å²) in [5, 5.41) is 0.307. The summed E-state index contributed by atoms with van der Waals surface area (Å²) in [7, 11) is 0. The van der Waals surface area contributed by atoms with Gasteiger partial charge in [0, 0.05) is 6.20 Å². The van der Waals surface area contributed by atoms with Crippen molar-refractivity contribution in [2.24, 2.45) is 0 Å². The van der Waals surface area contributed by atoms with Crippen LogP contribution in [0.25, 0.3) is 0 Å². The van der Waals surface area contributed by atoms with Gasteiger partial charge in [0.15, 0.2) is 0 Å². The first-order valence-corrected chi connectivity index (χ1v) is 7.52. The number of carbonyl (C=O) groups excluding carboxylic acids is 1. The van der Waals surface area contributed by atoms with E-state index in [0.717, 1.165) is 25.7 Å². The molecule has 1 fully saturated rings. The van der Waals surface area contributed by atoms with Gasteiger partial charge in [0.25, 0.3) is 5.56 Å². The summed E-state index contributed by atoms with van der Waals surface area (Å²) in [5.74, 6) is -0.419. The Hall–Kier alpha value is -1.00. The molecule has 0 aromatic carbocycles. The highest BCUT2D eigenvalue weighted by Crippen LogP contribution is 2.22. The monoisotopic (exact) mass is 317 g/mol. The second kappa shape index (κ2) is 6.64. The van der Waals surface area contributed by atoms with Crippen LogP contribution in [0.1, 0.15) is 45.1 Å². The summed E-state index contributed by atoms with van der Waals surface area (Å²) in [6.07, 6.45) is 6.50. The number of rotatable bonds is 3. The maximum atomic E-state index is 12.1. The van der Waals surface area contributed by atoms with E-state index in [1.807, 2.05) is 0 Å². The molecule has 4 nitrogen and oxygen atoms in total. The molecule has 0 amide bonds. The molecule has 1 aliphatic rings. The van der Waals surface area contributed by atoms with Gasteiger partial charge >= 0.3 is 5.97 Å². The van der Waals surface area contributed by atoms with Crippen LogP contribution in [0.5, 0.6) is 0 Å². The lowest BCUT2D eigenvalue weighted by Gasteiger charge is -2.24. The molecule has 0 N–H and O–H groups in total. The first-order valence-electron chi connectivity index (χ1n) is 6.76. The fourth-order valence-corrected chi connectivity index (χ4v) is 2.87. The first-order chi connectivity index (χ1) is 9.49. The summed E-state index contributed by atoms with van der Waals surface area (Å²) in [4.78, 5) is 24.0. The Morgan fingerprint density at radius 3 is 2.65 bits per heavy atom. The highest BCUT2D eigenvalue weighted by molar-refractivity contribution is 6.34. The van der Waals surface area contributed by atoms with Crippen molar-refractivity contribution >= 4 is 29.2 Å². The lowest BCUT2D eigenvalue weighted by Crippen LogP contribution is -2.32. The van der Waals surface area contributed by atoms with Gasteiger partial charge in [0.2, 0.25) is 0 Å². The number of esters is 1. The standard InChI is InChI=1S/C14H17Cl2NO3/c1-9(14(19)20-11-5-3-2-4-6-11)17-8-10(15)7-12(16)13(17)18/h7-9,11H,2-6H2,1H3. The quantitative estimate of drug-likeness (QED) is 0.800. The van der Waals surface area contributed by atoms with E-state index in [9.17, 15) is 9.59 Å². The van der Waals surface area contributed by atoms with Crippen molar-refractivity contribution in [3.05, 3.63) is 32.7 Å². The number of hydrogen-bond donors (Lipinski definition) is 0. The molecule has 1 aliphatic carbocycles. The summed E-state index contributed by atoms with van der Waals surface area (Å²) in [6, 6.07) is 0.627. The normalized spacial score (nSPS) is 17.8. The minimum Gasteiger partial charge on any atom is -0.461 e. The lowest BCUT2D eigenvalue weighted by atomic mass is 9.98. The van der Waals surface area contributed by atoms with E-state index in [2.05, 4.69) is 0 Å². The van der Waals surface area contributed by atoms with Crippen LogP contribution >= 0.6 is 23.2 Å². The molecule has 0 bridgehead atoms. The van der Waals surface area contributed by atoms with E-state index in [4.69, 9.17) is 27.9 Å². The number of pyridine rings is 1.